The highest BCUT2D eigenvalue weighted by molar-refractivity contribution is 5.65. The molecule has 0 aromatic heterocycles. The van der Waals surface area contributed by atoms with Gasteiger partial charge in [0, 0.05) is 11.2 Å². The standard InChI is InChI=1S/C13H20N2O3/c1-13(2,3)15(12(16)17)8-9-18-11-6-4-10(14)5-7-11/h4-7H,8-9,14H2,1-3H3,(H,16,17). The first-order valence-corrected chi connectivity index (χ1v) is 5.79. The molecule has 1 amide bonds. The number of amides is 1. The van der Waals surface area contributed by atoms with Crippen LogP contribution in [-0.4, -0.2) is 34.8 Å². The molecule has 0 spiro atoms. The Labute approximate surface area is 107 Å². The van der Waals surface area contributed by atoms with Crippen LogP contribution in [0.3, 0.4) is 0 Å². The van der Waals surface area contributed by atoms with Crippen molar-refractivity contribution in [2.45, 2.75) is 26.3 Å². The molecule has 1 aromatic rings. The number of nitrogens with two attached hydrogens (primary N) is 1. The quantitative estimate of drug-likeness (QED) is 0.807. The predicted molar refractivity (Wildman–Crippen MR) is 70.8 cm³/mol. The summed E-state index contributed by atoms with van der Waals surface area (Å²) in [6, 6.07) is 7.01. The fraction of sp³-hybridized carbons (Fsp3) is 0.462. The topological polar surface area (TPSA) is 75.8 Å². The van der Waals surface area contributed by atoms with Crippen LogP contribution in [0.25, 0.3) is 0 Å². The minimum atomic E-state index is -0.941. The van der Waals surface area contributed by atoms with Crippen LogP contribution < -0.4 is 10.5 Å². The summed E-state index contributed by atoms with van der Waals surface area (Å²) in [4.78, 5) is 12.4. The first-order chi connectivity index (χ1) is 8.30. The maximum Gasteiger partial charge on any atom is 0.407 e. The molecule has 0 heterocycles. The third-order valence-corrected chi connectivity index (χ3v) is 2.50. The monoisotopic (exact) mass is 252 g/mol. The van der Waals surface area contributed by atoms with Crippen LogP contribution >= 0.6 is 0 Å². The lowest BCUT2D eigenvalue weighted by Gasteiger charge is -2.32. The van der Waals surface area contributed by atoms with Crippen molar-refractivity contribution in [3.63, 3.8) is 0 Å². The van der Waals surface area contributed by atoms with Crippen molar-refractivity contribution < 1.29 is 14.6 Å². The summed E-state index contributed by atoms with van der Waals surface area (Å²) < 4.78 is 5.48. The minimum absolute atomic E-state index is 0.313. The Morgan fingerprint density at radius 2 is 1.89 bits per heavy atom. The summed E-state index contributed by atoms with van der Waals surface area (Å²) in [6.45, 7) is 6.19. The van der Waals surface area contributed by atoms with E-state index in [0.29, 0.717) is 24.6 Å². The van der Waals surface area contributed by atoms with Crippen LogP contribution in [0.4, 0.5) is 10.5 Å². The van der Waals surface area contributed by atoms with Crippen LogP contribution in [-0.2, 0) is 0 Å². The second kappa shape index (κ2) is 5.62. The number of nitrogens with zero attached hydrogens (tertiary/aromatic N) is 1. The van der Waals surface area contributed by atoms with Gasteiger partial charge in [0.05, 0.1) is 6.54 Å². The van der Waals surface area contributed by atoms with Gasteiger partial charge in [-0.2, -0.15) is 0 Å². The highest BCUT2D eigenvalue weighted by Gasteiger charge is 2.25. The summed E-state index contributed by atoms with van der Waals surface area (Å²) in [5, 5.41) is 9.10. The van der Waals surface area contributed by atoms with Crippen molar-refractivity contribution in [2.24, 2.45) is 0 Å². The Bertz CT molecular complexity index is 396. The zero-order valence-corrected chi connectivity index (χ0v) is 11.0. The maximum atomic E-state index is 11.1. The highest BCUT2D eigenvalue weighted by Crippen LogP contribution is 2.15. The number of hydrogen-bond donors (Lipinski definition) is 2. The average Bonchev–Trinajstić information content (AvgIpc) is 2.24. The van der Waals surface area contributed by atoms with Crippen LogP contribution in [0.15, 0.2) is 24.3 Å². The van der Waals surface area contributed by atoms with Gasteiger partial charge in [-0.25, -0.2) is 4.79 Å². The molecule has 3 N–H and O–H groups in total. The molecule has 0 unspecified atom stereocenters. The van der Waals surface area contributed by atoms with E-state index in [2.05, 4.69) is 0 Å². The van der Waals surface area contributed by atoms with Crippen molar-refractivity contribution >= 4 is 11.8 Å². The third kappa shape index (κ3) is 4.16. The molecule has 0 radical (unpaired) electrons. The van der Waals surface area contributed by atoms with Crippen molar-refractivity contribution in [3.8, 4) is 5.75 Å². The van der Waals surface area contributed by atoms with E-state index in [0.717, 1.165) is 0 Å². The van der Waals surface area contributed by atoms with E-state index in [4.69, 9.17) is 15.6 Å². The van der Waals surface area contributed by atoms with E-state index in [9.17, 15) is 4.79 Å². The number of nitrogen functional groups attached to an aromatic ring is 1. The van der Waals surface area contributed by atoms with Gasteiger partial charge in [-0.1, -0.05) is 0 Å². The lowest BCUT2D eigenvalue weighted by Crippen LogP contribution is -2.46. The Kier molecular flexibility index (Phi) is 4.42. The fourth-order valence-corrected chi connectivity index (χ4v) is 1.54. The van der Waals surface area contributed by atoms with Crippen LogP contribution in [0, 0.1) is 0 Å². The summed E-state index contributed by atoms with van der Waals surface area (Å²) in [7, 11) is 0. The number of hydrogen-bond acceptors (Lipinski definition) is 3. The number of benzene rings is 1. The zero-order chi connectivity index (χ0) is 13.8. The highest BCUT2D eigenvalue weighted by atomic mass is 16.5. The second-order valence-electron chi connectivity index (χ2n) is 5.02. The third-order valence-electron chi connectivity index (χ3n) is 2.50. The van der Waals surface area contributed by atoms with Gasteiger partial charge in [-0.15, -0.1) is 0 Å². The smallest absolute Gasteiger partial charge is 0.407 e. The Hall–Kier alpha value is -1.91. The normalized spacial score (nSPS) is 11.1. The molecule has 0 aliphatic heterocycles. The molecule has 1 rings (SSSR count). The molecule has 0 aliphatic carbocycles. The molecule has 0 atom stereocenters. The lowest BCUT2D eigenvalue weighted by molar-refractivity contribution is 0.0892. The van der Waals surface area contributed by atoms with E-state index < -0.39 is 11.6 Å². The molecule has 5 nitrogen and oxygen atoms in total. The Morgan fingerprint density at radius 1 is 1.33 bits per heavy atom. The first-order valence-electron chi connectivity index (χ1n) is 5.79. The van der Waals surface area contributed by atoms with Gasteiger partial charge in [0.15, 0.2) is 0 Å². The van der Waals surface area contributed by atoms with Gasteiger partial charge in [0.2, 0.25) is 0 Å². The molecule has 1 aromatic carbocycles. The SMILES string of the molecule is CC(C)(C)N(CCOc1ccc(N)cc1)C(=O)O. The van der Waals surface area contributed by atoms with Crippen molar-refractivity contribution in [3.05, 3.63) is 24.3 Å². The van der Waals surface area contributed by atoms with Crippen LogP contribution in [0.1, 0.15) is 20.8 Å². The summed E-state index contributed by atoms with van der Waals surface area (Å²) in [5.74, 6) is 0.684. The summed E-state index contributed by atoms with van der Waals surface area (Å²) in [6.07, 6.45) is -0.941. The number of anilines is 1. The molecule has 0 bridgehead atoms. The number of rotatable bonds is 4. The van der Waals surface area contributed by atoms with Gasteiger partial charge in [0.25, 0.3) is 0 Å². The number of ether oxygens (including phenoxy) is 1. The largest absolute Gasteiger partial charge is 0.492 e. The molecule has 0 fully saturated rings. The van der Waals surface area contributed by atoms with Gasteiger partial charge in [-0.05, 0) is 45.0 Å². The number of carbonyl (C=O) groups is 1. The summed E-state index contributed by atoms with van der Waals surface area (Å²) >= 11 is 0. The second-order valence-corrected chi connectivity index (χ2v) is 5.02. The van der Waals surface area contributed by atoms with Crippen molar-refractivity contribution in [2.75, 3.05) is 18.9 Å². The average molecular weight is 252 g/mol. The van der Waals surface area contributed by atoms with Gasteiger partial charge in [0.1, 0.15) is 12.4 Å². The van der Waals surface area contributed by atoms with Crippen molar-refractivity contribution in [1.82, 2.24) is 4.90 Å². The van der Waals surface area contributed by atoms with E-state index in [1.54, 1.807) is 24.3 Å². The van der Waals surface area contributed by atoms with E-state index in [1.165, 1.54) is 4.90 Å². The molecule has 0 aliphatic rings. The van der Waals surface area contributed by atoms with Crippen LogP contribution in [0.2, 0.25) is 0 Å². The van der Waals surface area contributed by atoms with Gasteiger partial charge in [-0.3, -0.25) is 0 Å². The molecule has 18 heavy (non-hydrogen) atoms. The molecule has 0 saturated heterocycles. The minimum Gasteiger partial charge on any atom is -0.492 e. The van der Waals surface area contributed by atoms with Gasteiger partial charge >= 0.3 is 6.09 Å². The molecular weight excluding hydrogens is 232 g/mol. The Morgan fingerprint density at radius 3 is 2.33 bits per heavy atom. The molecule has 0 saturated carbocycles. The molecule has 100 valence electrons. The fourth-order valence-electron chi connectivity index (χ4n) is 1.54. The van der Waals surface area contributed by atoms with E-state index in [1.807, 2.05) is 20.8 Å². The molecule has 5 heteroatoms. The van der Waals surface area contributed by atoms with Crippen molar-refractivity contribution in [1.29, 1.82) is 0 Å². The van der Waals surface area contributed by atoms with E-state index in [-0.39, 0.29) is 0 Å². The van der Waals surface area contributed by atoms with Gasteiger partial charge < -0.3 is 20.5 Å². The first kappa shape index (κ1) is 14.2. The molecular formula is C13H20N2O3. The Balaban J connectivity index is 2.49. The van der Waals surface area contributed by atoms with E-state index >= 15 is 0 Å². The number of carboxylic acid groups (broad SMARTS) is 1. The maximum absolute atomic E-state index is 11.1. The van der Waals surface area contributed by atoms with Crippen LogP contribution in [0.5, 0.6) is 5.75 Å². The predicted octanol–water partition coefficient (Wildman–Crippen LogP) is 2.43. The lowest BCUT2D eigenvalue weighted by atomic mass is 10.1. The zero-order valence-electron chi connectivity index (χ0n) is 11.0. The summed E-state index contributed by atoms with van der Waals surface area (Å²) in [5.41, 5.74) is 5.80.